The third kappa shape index (κ3) is 3.14. The summed E-state index contributed by atoms with van der Waals surface area (Å²) in [4.78, 5) is 2.44. The van der Waals surface area contributed by atoms with Gasteiger partial charge in [-0.1, -0.05) is 72.9 Å². The van der Waals surface area contributed by atoms with Crippen molar-refractivity contribution in [2.75, 3.05) is 0 Å². The Hall–Kier alpha value is -1.73. The van der Waals surface area contributed by atoms with Gasteiger partial charge in [-0.25, -0.2) is 0 Å². The fourth-order valence-corrected chi connectivity index (χ4v) is 2.60. The topological polar surface area (TPSA) is 0 Å². The Balaban J connectivity index is 2.18. The molecule has 0 spiro atoms. The summed E-state index contributed by atoms with van der Waals surface area (Å²) < 4.78 is 0. The Morgan fingerprint density at radius 3 is 2.06 bits per heavy atom. The van der Waals surface area contributed by atoms with E-state index in [9.17, 15) is 0 Å². The van der Waals surface area contributed by atoms with Crippen molar-refractivity contribution in [3.8, 4) is 0 Å². The zero-order valence-corrected chi connectivity index (χ0v) is 11.3. The minimum atomic E-state index is 1.08. The molecule has 0 aliphatic heterocycles. The van der Waals surface area contributed by atoms with E-state index in [0.717, 1.165) is 5.57 Å². The van der Waals surface area contributed by atoms with E-state index >= 15 is 0 Å². The molecule has 0 heterocycles. The summed E-state index contributed by atoms with van der Waals surface area (Å²) in [6.45, 7) is 6.26. The molecule has 1 heteroatoms. The summed E-state index contributed by atoms with van der Waals surface area (Å²) in [5.74, 6) is 0. The summed E-state index contributed by atoms with van der Waals surface area (Å²) in [7, 11) is 0. The number of allylic oxidation sites excluding steroid dienone is 2. The summed E-state index contributed by atoms with van der Waals surface area (Å²) in [5.41, 5.74) is 2.25. The van der Waals surface area contributed by atoms with Crippen molar-refractivity contribution < 1.29 is 0 Å². The van der Waals surface area contributed by atoms with Crippen molar-refractivity contribution in [1.82, 2.24) is 0 Å². The molecule has 0 saturated heterocycles. The van der Waals surface area contributed by atoms with Crippen molar-refractivity contribution in [2.24, 2.45) is 0 Å². The lowest BCUT2D eigenvalue weighted by atomic mass is 10.1. The van der Waals surface area contributed by atoms with Gasteiger partial charge in [0.2, 0.25) is 0 Å². The second-order valence-electron chi connectivity index (χ2n) is 3.91. The number of hydrogen-bond donors (Lipinski definition) is 0. The van der Waals surface area contributed by atoms with Crippen LogP contribution in [0.15, 0.2) is 83.1 Å². The van der Waals surface area contributed by atoms with Crippen LogP contribution in [0.1, 0.15) is 12.5 Å². The van der Waals surface area contributed by atoms with E-state index in [1.54, 1.807) is 11.8 Å². The van der Waals surface area contributed by atoms with Gasteiger partial charge in [0.25, 0.3) is 0 Å². The Labute approximate surface area is 113 Å². The number of thioether (sulfide) groups is 1. The number of hydrogen-bond acceptors (Lipinski definition) is 1. The molecule has 2 rings (SSSR count). The second kappa shape index (κ2) is 6.27. The van der Waals surface area contributed by atoms with Crippen LogP contribution < -0.4 is 0 Å². The van der Waals surface area contributed by atoms with Crippen LogP contribution in [-0.2, 0) is 0 Å². The van der Waals surface area contributed by atoms with Gasteiger partial charge in [-0.05, 0) is 30.2 Å². The molecular formula is C17H16S. The van der Waals surface area contributed by atoms with E-state index in [1.807, 2.05) is 24.3 Å². The van der Waals surface area contributed by atoms with Gasteiger partial charge in [-0.3, -0.25) is 0 Å². The van der Waals surface area contributed by atoms with E-state index < -0.39 is 0 Å². The van der Waals surface area contributed by atoms with Gasteiger partial charge in [0.15, 0.2) is 0 Å². The van der Waals surface area contributed by atoms with E-state index in [1.165, 1.54) is 15.4 Å². The zero-order chi connectivity index (χ0) is 12.8. The molecule has 0 aliphatic carbocycles. The average molecular weight is 252 g/mol. The third-order valence-corrected chi connectivity index (χ3v) is 3.86. The average Bonchev–Trinajstić information content (AvgIpc) is 2.46. The van der Waals surface area contributed by atoms with Crippen LogP contribution >= 0.6 is 11.8 Å². The number of benzene rings is 2. The van der Waals surface area contributed by atoms with Crippen LogP contribution in [0.4, 0.5) is 0 Å². The van der Waals surface area contributed by atoms with Crippen LogP contribution in [0.25, 0.3) is 5.57 Å². The molecular weight excluding hydrogens is 236 g/mol. The molecule has 0 N–H and O–H groups in total. The normalized spacial score (nSPS) is 11.3. The highest BCUT2D eigenvalue weighted by molar-refractivity contribution is 8.03. The van der Waals surface area contributed by atoms with Gasteiger partial charge in [0.1, 0.15) is 0 Å². The van der Waals surface area contributed by atoms with Gasteiger partial charge in [0.05, 0.1) is 0 Å². The SMILES string of the molecule is C=C(/C(=C\C)Sc1ccccc1)c1ccccc1. The van der Waals surface area contributed by atoms with Crippen molar-refractivity contribution in [3.05, 3.63) is 83.8 Å². The largest absolute Gasteiger partial charge is 0.0900 e. The highest BCUT2D eigenvalue weighted by Crippen LogP contribution is 2.35. The quantitative estimate of drug-likeness (QED) is 0.519. The van der Waals surface area contributed by atoms with Gasteiger partial charge in [0, 0.05) is 9.80 Å². The summed E-state index contributed by atoms with van der Waals surface area (Å²) in [6.07, 6.45) is 2.12. The standard InChI is InChI=1S/C17H16S/c1-3-17(18-16-12-8-5-9-13-16)14(2)15-10-6-4-7-11-15/h3-13H,2H2,1H3/b17-3+. The summed E-state index contributed by atoms with van der Waals surface area (Å²) >= 11 is 1.75. The van der Waals surface area contributed by atoms with Crippen LogP contribution in [0, 0.1) is 0 Å². The van der Waals surface area contributed by atoms with Crippen LogP contribution in [0.3, 0.4) is 0 Å². The molecule has 90 valence electrons. The molecule has 0 fully saturated rings. The third-order valence-electron chi connectivity index (χ3n) is 2.65. The lowest BCUT2D eigenvalue weighted by Crippen LogP contribution is -1.85. The lowest BCUT2D eigenvalue weighted by Gasteiger charge is -2.10. The molecule has 0 aliphatic rings. The fourth-order valence-electron chi connectivity index (χ4n) is 1.69. The molecule has 0 atom stereocenters. The van der Waals surface area contributed by atoms with Gasteiger partial charge in [-0.15, -0.1) is 0 Å². The Morgan fingerprint density at radius 2 is 1.50 bits per heavy atom. The summed E-state index contributed by atoms with van der Waals surface area (Å²) in [5, 5.41) is 0. The zero-order valence-electron chi connectivity index (χ0n) is 10.5. The van der Waals surface area contributed by atoms with E-state index in [2.05, 4.69) is 56.0 Å². The van der Waals surface area contributed by atoms with E-state index in [0.29, 0.717) is 0 Å². The predicted octanol–water partition coefficient (Wildman–Crippen LogP) is 5.40. The molecule has 0 aromatic heterocycles. The maximum atomic E-state index is 4.20. The van der Waals surface area contributed by atoms with Gasteiger partial charge >= 0.3 is 0 Å². The fraction of sp³-hybridized carbons (Fsp3) is 0.0588. The molecule has 0 saturated carbocycles. The number of rotatable bonds is 4. The molecule has 18 heavy (non-hydrogen) atoms. The Bertz CT molecular complexity index is 538. The molecule has 0 radical (unpaired) electrons. The second-order valence-corrected chi connectivity index (χ2v) is 5.03. The predicted molar refractivity (Wildman–Crippen MR) is 81.5 cm³/mol. The lowest BCUT2D eigenvalue weighted by molar-refractivity contribution is 1.47. The molecule has 2 aromatic rings. The van der Waals surface area contributed by atoms with Crippen molar-refractivity contribution >= 4 is 17.3 Å². The van der Waals surface area contributed by atoms with Crippen molar-refractivity contribution in [1.29, 1.82) is 0 Å². The van der Waals surface area contributed by atoms with Gasteiger partial charge < -0.3 is 0 Å². The van der Waals surface area contributed by atoms with Gasteiger partial charge in [-0.2, -0.15) is 0 Å². The highest BCUT2D eigenvalue weighted by Gasteiger charge is 2.06. The molecule has 0 amide bonds. The molecule has 0 bridgehead atoms. The van der Waals surface area contributed by atoms with Crippen molar-refractivity contribution in [2.45, 2.75) is 11.8 Å². The highest BCUT2D eigenvalue weighted by atomic mass is 32.2. The minimum absolute atomic E-state index is 1.08. The van der Waals surface area contributed by atoms with Crippen LogP contribution in [0.2, 0.25) is 0 Å². The maximum Gasteiger partial charge on any atom is 0.0152 e. The molecule has 2 aromatic carbocycles. The van der Waals surface area contributed by atoms with Crippen molar-refractivity contribution in [3.63, 3.8) is 0 Å². The van der Waals surface area contributed by atoms with E-state index in [4.69, 9.17) is 0 Å². The minimum Gasteiger partial charge on any atom is -0.0900 e. The molecule has 0 unspecified atom stereocenters. The Kier molecular flexibility index (Phi) is 4.43. The summed E-state index contributed by atoms with van der Waals surface area (Å²) in [6, 6.07) is 20.7. The monoisotopic (exact) mass is 252 g/mol. The smallest absolute Gasteiger partial charge is 0.0152 e. The maximum absolute atomic E-state index is 4.20. The first-order valence-electron chi connectivity index (χ1n) is 5.95. The first-order chi connectivity index (χ1) is 8.81. The first kappa shape index (κ1) is 12.7. The molecule has 0 nitrogen and oxygen atoms in total. The first-order valence-corrected chi connectivity index (χ1v) is 6.77. The Morgan fingerprint density at radius 1 is 0.944 bits per heavy atom. The van der Waals surface area contributed by atoms with E-state index in [-0.39, 0.29) is 0 Å². The van der Waals surface area contributed by atoms with Crippen LogP contribution in [0.5, 0.6) is 0 Å². The van der Waals surface area contributed by atoms with Crippen LogP contribution in [-0.4, -0.2) is 0 Å².